The molecule has 1 aliphatic heterocycles. The summed E-state index contributed by atoms with van der Waals surface area (Å²) in [4.78, 5) is 16.7. The van der Waals surface area contributed by atoms with Crippen LogP contribution in [0.4, 0.5) is 5.69 Å². The van der Waals surface area contributed by atoms with E-state index in [9.17, 15) is 4.79 Å². The first-order chi connectivity index (χ1) is 12.0. The van der Waals surface area contributed by atoms with Gasteiger partial charge in [-0.3, -0.25) is 4.79 Å². The zero-order valence-corrected chi connectivity index (χ0v) is 15.5. The van der Waals surface area contributed by atoms with Crippen molar-refractivity contribution in [3.8, 4) is 5.75 Å². The Morgan fingerprint density at radius 2 is 1.68 bits per heavy atom. The average molecular weight is 379 g/mol. The first-order valence-electron chi connectivity index (χ1n) is 8.24. The van der Waals surface area contributed by atoms with Crippen LogP contribution in [0, 0.1) is 0 Å². The number of hydrogen-bond donors (Lipinski definition) is 0. The van der Waals surface area contributed by atoms with Crippen LogP contribution < -0.4 is 9.64 Å². The highest BCUT2D eigenvalue weighted by Gasteiger charge is 2.26. The van der Waals surface area contributed by atoms with Crippen LogP contribution in [0.1, 0.15) is 6.92 Å². The molecule has 2 aromatic carbocycles. The maximum Gasteiger partial charge on any atom is 0.263 e. The highest BCUT2D eigenvalue weighted by atomic mass is 35.5. The molecule has 0 bridgehead atoms. The lowest BCUT2D eigenvalue weighted by molar-refractivity contribution is -0.138. The van der Waals surface area contributed by atoms with Crippen LogP contribution in [0.5, 0.6) is 5.75 Å². The van der Waals surface area contributed by atoms with Crippen LogP contribution >= 0.6 is 23.2 Å². The lowest BCUT2D eigenvalue weighted by atomic mass is 10.2. The number of rotatable bonds is 4. The highest BCUT2D eigenvalue weighted by Crippen LogP contribution is 2.21. The van der Waals surface area contributed by atoms with Crippen molar-refractivity contribution >= 4 is 34.8 Å². The van der Waals surface area contributed by atoms with E-state index in [1.165, 1.54) is 0 Å². The van der Waals surface area contributed by atoms with E-state index in [4.69, 9.17) is 27.9 Å². The van der Waals surface area contributed by atoms with Crippen molar-refractivity contribution in [2.75, 3.05) is 31.1 Å². The molecular formula is C19H20Cl2N2O2. The van der Waals surface area contributed by atoms with E-state index in [0.717, 1.165) is 23.8 Å². The summed E-state index contributed by atoms with van der Waals surface area (Å²) < 4.78 is 5.73. The number of hydrogen-bond acceptors (Lipinski definition) is 3. The van der Waals surface area contributed by atoms with Gasteiger partial charge in [-0.05, 0) is 49.4 Å². The summed E-state index contributed by atoms with van der Waals surface area (Å²) in [5, 5.41) is 1.37. The SMILES string of the molecule is C[C@H](Oc1ccc(Cl)cc1)C(=O)N1CCN(c2cccc(Cl)c2)CC1. The molecule has 132 valence electrons. The Labute approximate surface area is 157 Å². The predicted molar refractivity (Wildman–Crippen MR) is 102 cm³/mol. The molecule has 0 unspecified atom stereocenters. The minimum atomic E-state index is -0.529. The topological polar surface area (TPSA) is 32.8 Å². The number of amides is 1. The Bertz CT molecular complexity index is 728. The molecule has 1 heterocycles. The second-order valence-electron chi connectivity index (χ2n) is 6.01. The van der Waals surface area contributed by atoms with Crippen molar-refractivity contribution in [3.63, 3.8) is 0 Å². The number of ether oxygens (including phenoxy) is 1. The highest BCUT2D eigenvalue weighted by molar-refractivity contribution is 6.31. The van der Waals surface area contributed by atoms with E-state index >= 15 is 0 Å². The fourth-order valence-electron chi connectivity index (χ4n) is 2.88. The number of nitrogens with zero attached hydrogens (tertiary/aromatic N) is 2. The summed E-state index contributed by atoms with van der Waals surface area (Å²) in [6, 6.07) is 14.8. The Kier molecular flexibility index (Phi) is 5.71. The van der Waals surface area contributed by atoms with Gasteiger partial charge in [-0.25, -0.2) is 0 Å². The molecule has 6 heteroatoms. The third-order valence-electron chi connectivity index (χ3n) is 4.24. The maximum absolute atomic E-state index is 12.6. The van der Waals surface area contributed by atoms with E-state index in [-0.39, 0.29) is 5.91 Å². The van der Waals surface area contributed by atoms with Gasteiger partial charge in [0.15, 0.2) is 6.10 Å². The molecule has 1 atom stereocenters. The van der Waals surface area contributed by atoms with Crippen molar-refractivity contribution in [2.45, 2.75) is 13.0 Å². The Morgan fingerprint density at radius 1 is 1.00 bits per heavy atom. The lowest BCUT2D eigenvalue weighted by Crippen LogP contribution is -2.52. The van der Waals surface area contributed by atoms with Crippen LogP contribution in [-0.4, -0.2) is 43.1 Å². The van der Waals surface area contributed by atoms with E-state index in [1.54, 1.807) is 31.2 Å². The molecule has 0 aliphatic carbocycles. The summed E-state index contributed by atoms with van der Waals surface area (Å²) in [7, 11) is 0. The Morgan fingerprint density at radius 3 is 2.32 bits per heavy atom. The molecule has 0 spiro atoms. The fraction of sp³-hybridized carbons (Fsp3) is 0.316. The second-order valence-corrected chi connectivity index (χ2v) is 6.88. The van der Waals surface area contributed by atoms with Gasteiger partial charge in [-0.1, -0.05) is 29.3 Å². The van der Waals surface area contributed by atoms with Crippen LogP contribution in [0.25, 0.3) is 0 Å². The number of anilines is 1. The van der Waals surface area contributed by atoms with E-state index in [2.05, 4.69) is 4.90 Å². The van der Waals surface area contributed by atoms with Crippen LogP contribution in [0.3, 0.4) is 0 Å². The Hall–Kier alpha value is -1.91. The minimum Gasteiger partial charge on any atom is -0.481 e. The van der Waals surface area contributed by atoms with E-state index in [0.29, 0.717) is 23.9 Å². The molecule has 1 saturated heterocycles. The number of carbonyl (C=O) groups excluding carboxylic acids is 1. The quantitative estimate of drug-likeness (QED) is 0.802. The molecule has 4 nitrogen and oxygen atoms in total. The third kappa shape index (κ3) is 4.59. The zero-order chi connectivity index (χ0) is 17.8. The predicted octanol–water partition coefficient (Wildman–Crippen LogP) is 4.11. The van der Waals surface area contributed by atoms with Gasteiger partial charge in [0.25, 0.3) is 5.91 Å². The van der Waals surface area contributed by atoms with Crippen LogP contribution in [0.15, 0.2) is 48.5 Å². The normalized spacial score (nSPS) is 15.8. The monoisotopic (exact) mass is 378 g/mol. The maximum atomic E-state index is 12.6. The third-order valence-corrected chi connectivity index (χ3v) is 4.73. The summed E-state index contributed by atoms with van der Waals surface area (Å²) in [6.45, 7) is 4.67. The van der Waals surface area contributed by atoms with Gasteiger partial charge in [0.05, 0.1) is 0 Å². The first kappa shape index (κ1) is 17.9. The standard InChI is InChI=1S/C19H20Cl2N2O2/c1-14(25-18-7-5-15(20)6-8-18)19(24)23-11-9-22(10-12-23)17-4-2-3-16(21)13-17/h2-8,13-14H,9-12H2,1H3/t14-/m0/s1. The van der Waals surface area contributed by atoms with Crippen molar-refractivity contribution < 1.29 is 9.53 Å². The summed E-state index contributed by atoms with van der Waals surface area (Å²) >= 11 is 11.9. The fourth-order valence-corrected chi connectivity index (χ4v) is 3.19. The van der Waals surface area contributed by atoms with Crippen molar-refractivity contribution in [3.05, 3.63) is 58.6 Å². The van der Waals surface area contributed by atoms with Gasteiger partial charge in [0.2, 0.25) is 0 Å². The van der Waals surface area contributed by atoms with Gasteiger partial charge < -0.3 is 14.5 Å². The summed E-state index contributed by atoms with van der Waals surface area (Å²) in [5.41, 5.74) is 1.09. The molecule has 25 heavy (non-hydrogen) atoms. The van der Waals surface area contributed by atoms with Crippen molar-refractivity contribution in [2.24, 2.45) is 0 Å². The van der Waals surface area contributed by atoms with E-state index < -0.39 is 6.10 Å². The van der Waals surface area contributed by atoms with E-state index in [1.807, 2.05) is 29.2 Å². The molecule has 0 radical (unpaired) electrons. The summed E-state index contributed by atoms with van der Waals surface area (Å²) in [5.74, 6) is 0.642. The molecule has 0 saturated carbocycles. The summed E-state index contributed by atoms with van der Waals surface area (Å²) in [6.07, 6.45) is -0.529. The van der Waals surface area contributed by atoms with Gasteiger partial charge in [0.1, 0.15) is 5.75 Å². The minimum absolute atomic E-state index is 0.000643. The lowest BCUT2D eigenvalue weighted by Gasteiger charge is -2.37. The molecule has 0 aromatic heterocycles. The zero-order valence-electron chi connectivity index (χ0n) is 14.0. The van der Waals surface area contributed by atoms with Crippen LogP contribution in [0.2, 0.25) is 10.0 Å². The average Bonchev–Trinajstić information content (AvgIpc) is 2.63. The smallest absolute Gasteiger partial charge is 0.263 e. The van der Waals surface area contributed by atoms with Crippen LogP contribution in [-0.2, 0) is 4.79 Å². The van der Waals surface area contributed by atoms with Crippen molar-refractivity contribution in [1.29, 1.82) is 0 Å². The van der Waals surface area contributed by atoms with Gasteiger partial charge in [-0.15, -0.1) is 0 Å². The largest absolute Gasteiger partial charge is 0.481 e. The van der Waals surface area contributed by atoms with Crippen molar-refractivity contribution in [1.82, 2.24) is 4.90 Å². The molecule has 0 N–H and O–H groups in total. The van der Waals surface area contributed by atoms with Gasteiger partial charge in [0, 0.05) is 41.9 Å². The molecule has 1 fully saturated rings. The molecular weight excluding hydrogens is 359 g/mol. The molecule has 1 aliphatic rings. The molecule has 2 aromatic rings. The number of benzene rings is 2. The molecule has 3 rings (SSSR count). The van der Waals surface area contributed by atoms with Gasteiger partial charge >= 0.3 is 0 Å². The van der Waals surface area contributed by atoms with Gasteiger partial charge in [-0.2, -0.15) is 0 Å². The number of piperazine rings is 1. The number of carbonyl (C=O) groups is 1. The first-order valence-corrected chi connectivity index (χ1v) is 9.00. The molecule has 1 amide bonds. The second kappa shape index (κ2) is 7.98. The number of halogens is 2. The Balaban J connectivity index is 1.54.